The Morgan fingerprint density at radius 2 is 1.67 bits per heavy atom. The number of aromatic nitrogens is 1. The number of hydrazine groups is 1. The van der Waals surface area contributed by atoms with Crippen LogP contribution in [-0.2, 0) is 37.2 Å². The Bertz CT molecular complexity index is 2320. The zero-order valence-electron chi connectivity index (χ0n) is 28.8. The number of phenols is 1. The number of amides is 4. The number of carbonyl (C=O) groups is 4. The fourth-order valence-corrected chi connectivity index (χ4v) is 9.46. The number of nitrogens with one attached hydrogen (secondary N) is 1. The van der Waals surface area contributed by atoms with Crippen LogP contribution in [0.5, 0.6) is 5.75 Å². The summed E-state index contributed by atoms with van der Waals surface area (Å²) in [5, 5.41) is 12.5. The van der Waals surface area contributed by atoms with Gasteiger partial charge in [-0.25, -0.2) is 4.98 Å². The minimum absolute atomic E-state index is 0.0577. The number of halogens is 5. The molecule has 3 heterocycles. The molecule has 1 aromatic heterocycles. The fraction of sp³-hybridized carbons (Fsp3) is 0.244. The molecular weight excluding hydrogens is 756 g/mol. The molecule has 0 spiro atoms. The highest BCUT2D eigenvalue weighted by atomic mass is 35.5. The van der Waals surface area contributed by atoms with E-state index in [1.54, 1.807) is 78.9 Å². The van der Waals surface area contributed by atoms with Gasteiger partial charge in [-0.1, -0.05) is 89.5 Å². The van der Waals surface area contributed by atoms with E-state index in [1.165, 1.54) is 4.90 Å². The van der Waals surface area contributed by atoms with E-state index in [9.17, 15) is 32.7 Å². The highest BCUT2D eigenvalue weighted by Crippen LogP contribution is 2.65. The summed E-state index contributed by atoms with van der Waals surface area (Å²) in [5.41, 5.74) is 1.88. The maximum atomic E-state index is 15.4. The molecule has 55 heavy (non-hydrogen) atoms. The van der Waals surface area contributed by atoms with Gasteiger partial charge in [0.15, 0.2) is 5.82 Å². The summed E-state index contributed by atoms with van der Waals surface area (Å²) in [6, 6.07) is 20.7. The van der Waals surface area contributed by atoms with Crippen LogP contribution in [0.15, 0.2) is 109 Å². The normalized spacial score (nSPS) is 26.1. The lowest BCUT2D eigenvalue weighted by atomic mass is 9.49. The van der Waals surface area contributed by atoms with Crippen molar-refractivity contribution in [1.29, 1.82) is 0 Å². The van der Waals surface area contributed by atoms with Crippen molar-refractivity contribution >= 4 is 58.3 Å². The van der Waals surface area contributed by atoms with Crippen molar-refractivity contribution < 1.29 is 37.5 Å². The lowest BCUT2D eigenvalue weighted by molar-refractivity contribution is -0.139. The predicted molar refractivity (Wildman–Crippen MR) is 198 cm³/mol. The molecule has 2 aliphatic heterocycles. The number of carbonyl (C=O) groups excluding carboxylic acids is 4. The maximum Gasteiger partial charge on any atom is 0.417 e. The topological polar surface area (TPSA) is 120 Å². The Labute approximate surface area is 323 Å². The van der Waals surface area contributed by atoms with E-state index in [-0.39, 0.29) is 36.7 Å². The van der Waals surface area contributed by atoms with Gasteiger partial charge in [0.05, 0.1) is 39.4 Å². The predicted octanol–water partition coefficient (Wildman–Crippen LogP) is 8.03. The molecule has 2 N–H and O–H groups in total. The number of nitrogens with zero attached hydrogens (tertiary/aromatic N) is 3. The van der Waals surface area contributed by atoms with Crippen molar-refractivity contribution in [3.8, 4) is 5.75 Å². The molecule has 280 valence electrons. The van der Waals surface area contributed by atoms with E-state index in [2.05, 4.69) is 17.0 Å². The van der Waals surface area contributed by atoms with E-state index < -0.39 is 69.5 Å². The number of imide groups is 2. The first-order valence-electron chi connectivity index (χ1n) is 17.5. The largest absolute Gasteiger partial charge is 0.507 e. The van der Waals surface area contributed by atoms with E-state index in [4.69, 9.17) is 23.2 Å². The molecule has 8 rings (SSSR count). The van der Waals surface area contributed by atoms with E-state index in [1.807, 2.05) is 6.08 Å². The minimum Gasteiger partial charge on any atom is -0.507 e. The molecule has 0 radical (unpaired) electrons. The first-order chi connectivity index (χ1) is 26.3. The van der Waals surface area contributed by atoms with E-state index >= 15 is 4.79 Å². The number of allylic oxidation sites excluding steroid dienone is 3. The quantitative estimate of drug-likeness (QED) is 0.144. The second-order valence-electron chi connectivity index (χ2n) is 14.1. The van der Waals surface area contributed by atoms with Crippen LogP contribution < -0.4 is 10.3 Å². The molecule has 4 aliphatic rings. The molecule has 6 atom stereocenters. The lowest BCUT2D eigenvalue weighted by Crippen LogP contribution is -2.53. The molecule has 3 aromatic carbocycles. The van der Waals surface area contributed by atoms with Gasteiger partial charge in [0, 0.05) is 22.7 Å². The first kappa shape index (κ1) is 36.5. The number of phenolic OH excluding ortho intramolecular Hbond substituents is 1. The van der Waals surface area contributed by atoms with Gasteiger partial charge in [-0.3, -0.25) is 29.5 Å². The van der Waals surface area contributed by atoms with Crippen LogP contribution in [0.2, 0.25) is 10.0 Å². The number of alkyl halides is 3. The summed E-state index contributed by atoms with van der Waals surface area (Å²) >= 11 is 12.6. The molecule has 2 saturated heterocycles. The SMILES string of the molecule is C=CCc1cccc(C2C3=CCC4C(=O)N(c5ccccc5)C(=O)C4C3CC3C(=O)N(Nc4ncc(C(F)(F)F)cc4Cl)C(=O)C32c2ccc(Cl)cc2)c1O. The van der Waals surface area contributed by atoms with Crippen LogP contribution in [0.3, 0.4) is 0 Å². The standard InChI is InChI=1S/C41H31Cl2F3N4O5/c1-2-7-21-8-6-11-28(34(21)51)33-26-16-17-27-32(38(54)49(36(27)52)25-9-4-3-5-10-25)29(26)19-30-37(53)50(39(55)40(30,33)22-12-14-24(42)15-13-22)48-35-31(43)18-23(20-47-35)41(44,45)46/h2-6,8-16,18,20,27,29-30,32-33,51H,1,7,17,19H2,(H,47,48). The summed E-state index contributed by atoms with van der Waals surface area (Å²) < 4.78 is 40.5. The summed E-state index contributed by atoms with van der Waals surface area (Å²) in [4.78, 5) is 63.7. The van der Waals surface area contributed by atoms with Gasteiger partial charge in [0.2, 0.25) is 11.8 Å². The zero-order valence-corrected chi connectivity index (χ0v) is 30.3. The van der Waals surface area contributed by atoms with Crippen LogP contribution in [0, 0.1) is 23.7 Å². The number of fused-ring (bicyclic) bond motifs is 4. The Morgan fingerprint density at radius 3 is 2.35 bits per heavy atom. The molecule has 6 unspecified atom stereocenters. The molecule has 2 aliphatic carbocycles. The smallest absolute Gasteiger partial charge is 0.417 e. The van der Waals surface area contributed by atoms with Gasteiger partial charge in [0.1, 0.15) is 5.75 Å². The minimum atomic E-state index is -4.76. The van der Waals surface area contributed by atoms with Crippen LogP contribution in [0.25, 0.3) is 0 Å². The Hall–Kier alpha value is -5.46. The van der Waals surface area contributed by atoms with Crippen molar-refractivity contribution in [1.82, 2.24) is 9.99 Å². The fourth-order valence-electron chi connectivity index (χ4n) is 9.12. The highest BCUT2D eigenvalue weighted by Gasteiger charge is 2.70. The summed E-state index contributed by atoms with van der Waals surface area (Å²) in [7, 11) is 0. The van der Waals surface area contributed by atoms with Crippen molar-refractivity contribution in [2.75, 3.05) is 10.3 Å². The van der Waals surface area contributed by atoms with Crippen molar-refractivity contribution in [3.63, 3.8) is 0 Å². The Balaban J connectivity index is 1.34. The molecule has 14 heteroatoms. The molecule has 4 amide bonds. The lowest BCUT2D eigenvalue weighted by Gasteiger charge is -2.50. The van der Waals surface area contributed by atoms with Gasteiger partial charge in [-0.15, -0.1) is 6.58 Å². The third-order valence-electron chi connectivity index (χ3n) is 11.4. The summed E-state index contributed by atoms with van der Waals surface area (Å²) in [6.45, 7) is 3.81. The number of para-hydroxylation sites is 2. The van der Waals surface area contributed by atoms with Crippen molar-refractivity contribution in [2.45, 2.75) is 36.8 Å². The van der Waals surface area contributed by atoms with Gasteiger partial charge in [-0.2, -0.15) is 18.2 Å². The summed E-state index contributed by atoms with van der Waals surface area (Å²) in [5.74, 6) is -7.54. The van der Waals surface area contributed by atoms with Crippen LogP contribution in [0.4, 0.5) is 24.7 Å². The second kappa shape index (κ2) is 13.4. The van der Waals surface area contributed by atoms with Crippen LogP contribution >= 0.6 is 23.2 Å². The highest BCUT2D eigenvalue weighted by molar-refractivity contribution is 6.33. The Morgan fingerprint density at radius 1 is 0.945 bits per heavy atom. The molecule has 4 aromatic rings. The van der Waals surface area contributed by atoms with E-state index in [0.29, 0.717) is 50.2 Å². The Kier molecular flexibility index (Phi) is 8.88. The monoisotopic (exact) mass is 786 g/mol. The van der Waals surface area contributed by atoms with Crippen molar-refractivity contribution in [2.24, 2.45) is 23.7 Å². The molecule has 1 saturated carbocycles. The molecular formula is C41H31Cl2F3N4O5. The van der Waals surface area contributed by atoms with Crippen molar-refractivity contribution in [3.05, 3.63) is 142 Å². The molecule has 9 nitrogen and oxygen atoms in total. The van der Waals surface area contributed by atoms with Crippen LogP contribution in [0.1, 0.15) is 41.0 Å². The summed E-state index contributed by atoms with van der Waals surface area (Å²) in [6.07, 6.45) is -0.381. The molecule has 3 fully saturated rings. The van der Waals surface area contributed by atoms with E-state index in [0.717, 1.165) is 0 Å². The van der Waals surface area contributed by atoms with Gasteiger partial charge in [-0.05, 0) is 66.6 Å². The first-order valence-corrected chi connectivity index (χ1v) is 18.2. The van der Waals surface area contributed by atoms with Gasteiger partial charge >= 0.3 is 6.18 Å². The van der Waals surface area contributed by atoms with Gasteiger partial charge in [0.25, 0.3) is 11.8 Å². The maximum absolute atomic E-state index is 15.4. The average Bonchev–Trinajstić information content (AvgIpc) is 3.54. The van der Waals surface area contributed by atoms with Gasteiger partial charge < -0.3 is 5.11 Å². The number of pyridine rings is 1. The zero-order chi connectivity index (χ0) is 39.0. The third kappa shape index (κ3) is 5.56. The van der Waals surface area contributed by atoms with Crippen LogP contribution in [-0.4, -0.2) is 38.7 Å². The number of anilines is 2. The number of rotatable bonds is 7. The average molecular weight is 788 g/mol. The molecule has 0 bridgehead atoms. The second-order valence-corrected chi connectivity index (χ2v) is 15.0. The number of benzene rings is 3. The number of hydrogen-bond donors (Lipinski definition) is 2. The number of aromatic hydroxyl groups is 1. The third-order valence-corrected chi connectivity index (χ3v) is 11.9. The number of hydrogen-bond acceptors (Lipinski definition) is 7.